The summed E-state index contributed by atoms with van der Waals surface area (Å²) in [5, 5.41) is 8.46. The van der Waals surface area contributed by atoms with Gasteiger partial charge in [0.1, 0.15) is 12.4 Å². The van der Waals surface area contributed by atoms with E-state index in [0.29, 0.717) is 13.2 Å². The number of rotatable bonds is 5. The van der Waals surface area contributed by atoms with Crippen molar-refractivity contribution in [3.05, 3.63) is 42.5 Å². The Morgan fingerprint density at radius 2 is 2.05 bits per heavy atom. The van der Waals surface area contributed by atoms with Crippen molar-refractivity contribution >= 4 is 16.7 Å². The molecule has 0 saturated carbocycles. The molecule has 1 fully saturated rings. The number of carbonyl (C=O) groups excluding carboxylic acids is 1. The molecule has 2 N–H and O–H groups in total. The summed E-state index contributed by atoms with van der Waals surface area (Å²) in [6, 6.07) is 14.1. The first-order chi connectivity index (χ1) is 10.8. The zero-order chi connectivity index (χ0) is 15.2. The van der Waals surface area contributed by atoms with Gasteiger partial charge in [0.2, 0.25) is 5.91 Å². The van der Waals surface area contributed by atoms with Crippen LogP contribution in [0.2, 0.25) is 0 Å². The summed E-state index contributed by atoms with van der Waals surface area (Å²) in [5.41, 5.74) is 0. The van der Waals surface area contributed by atoms with Crippen LogP contribution < -0.4 is 15.4 Å². The molecule has 0 radical (unpaired) electrons. The third-order valence-electron chi connectivity index (χ3n) is 4.04. The maximum atomic E-state index is 12.0. The predicted molar refractivity (Wildman–Crippen MR) is 88.1 cm³/mol. The minimum Gasteiger partial charge on any atom is -0.491 e. The van der Waals surface area contributed by atoms with Gasteiger partial charge in [-0.15, -0.1) is 0 Å². The second-order valence-electron chi connectivity index (χ2n) is 5.62. The molecular formula is C18H22N2O2. The summed E-state index contributed by atoms with van der Waals surface area (Å²) in [4.78, 5) is 12.0. The number of piperidine rings is 1. The fourth-order valence-corrected chi connectivity index (χ4v) is 2.86. The monoisotopic (exact) mass is 298 g/mol. The number of nitrogens with one attached hydrogen (secondary N) is 2. The summed E-state index contributed by atoms with van der Waals surface area (Å²) in [5.74, 6) is 0.948. The lowest BCUT2D eigenvalue weighted by atomic mass is 10.0. The molecule has 1 aliphatic rings. The zero-order valence-corrected chi connectivity index (χ0v) is 12.7. The highest BCUT2D eigenvalue weighted by molar-refractivity contribution is 5.88. The molecule has 0 aromatic heterocycles. The SMILES string of the molecule is O=C(NCCOc1cccc2ccccc12)C1CCCCN1. The third-order valence-corrected chi connectivity index (χ3v) is 4.04. The third kappa shape index (κ3) is 3.57. The molecule has 0 aliphatic carbocycles. The summed E-state index contributed by atoms with van der Waals surface area (Å²) in [6.07, 6.45) is 3.21. The topological polar surface area (TPSA) is 50.4 Å². The van der Waals surface area contributed by atoms with Crippen LogP contribution in [0.1, 0.15) is 19.3 Å². The highest BCUT2D eigenvalue weighted by atomic mass is 16.5. The smallest absolute Gasteiger partial charge is 0.237 e. The molecule has 116 valence electrons. The average Bonchev–Trinajstić information content (AvgIpc) is 2.59. The minimum absolute atomic E-state index is 0.0358. The molecule has 22 heavy (non-hydrogen) atoms. The van der Waals surface area contributed by atoms with Crippen LogP contribution in [0.3, 0.4) is 0 Å². The van der Waals surface area contributed by atoms with Gasteiger partial charge in [-0.05, 0) is 30.8 Å². The Labute approximate surface area is 130 Å². The minimum atomic E-state index is -0.0358. The molecule has 1 unspecified atom stereocenters. The quantitative estimate of drug-likeness (QED) is 0.834. The summed E-state index contributed by atoms with van der Waals surface area (Å²) in [7, 11) is 0. The van der Waals surface area contributed by atoms with Crippen LogP contribution in [0.5, 0.6) is 5.75 Å². The van der Waals surface area contributed by atoms with Crippen molar-refractivity contribution in [2.45, 2.75) is 25.3 Å². The number of benzene rings is 2. The van der Waals surface area contributed by atoms with Gasteiger partial charge in [0.05, 0.1) is 12.6 Å². The molecule has 1 amide bonds. The number of ether oxygens (including phenoxy) is 1. The Morgan fingerprint density at radius 3 is 2.91 bits per heavy atom. The van der Waals surface area contributed by atoms with E-state index >= 15 is 0 Å². The van der Waals surface area contributed by atoms with Gasteiger partial charge in [0.15, 0.2) is 0 Å². The molecule has 1 saturated heterocycles. The normalized spacial score (nSPS) is 18.1. The molecule has 0 spiro atoms. The van der Waals surface area contributed by atoms with Gasteiger partial charge in [-0.25, -0.2) is 0 Å². The van der Waals surface area contributed by atoms with Crippen molar-refractivity contribution in [3.63, 3.8) is 0 Å². The predicted octanol–water partition coefficient (Wildman–Crippen LogP) is 2.48. The number of amides is 1. The summed E-state index contributed by atoms with van der Waals surface area (Å²) >= 11 is 0. The second kappa shape index (κ2) is 7.27. The molecule has 3 rings (SSSR count). The van der Waals surface area contributed by atoms with E-state index in [0.717, 1.165) is 42.3 Å². The van der Waals surface area contributed by atoms with Crippen LogP contribution in [-0.2, 0) is 4.79 Å². The molecule has 1 heterocycles. The van der Waals surface area contributed by atoms with Gasteiger partial charge in [-0.3, -0.25) is 4.79 Å². The van der Waals surface area contributed by atoms with E-state index in [4.69, 9.17) is 4.74 Å². The number of carbonyl (C=O) groups is 1. The maximum Gasteiger partial charge on any atom is 0.237 e. The van der Waals surface area contributed by atoms with Crippen LogP contribution in [0, 0.1) is 0 Å². The lowest BCUT2D eigenvalue weighted by Crippen LogP contribution is -2.47. The Hall–Kier alpha value is -2.07. The summed E-state index contributed by atoms with van der Waals surface area (Å²) < 4.78 is 5.82. The first-order valence-corrected chi connectivity index (χ1v) is 7.96. The second-order valence-corrected chi connectivity index (χ2v) is 5.62. The van der Waals surface area contributed by atoms with Gasteiger partial charge >= 0.3 is 0 Å². The van der Waals surface area contributed by atoms with Gasteiger partial charge < -0.3 is 15.4 Å². The fourth-order valence-electron chi connectivity index (χ4n) is 2.86. The number of hydrogen-bond donors (Lipinski definition) is 2. The maximum absolute atomic E-state index is 12.0. The lowest BCUT2D eigenvalue weighted by molar-refractivity contribution is -0.123. The van der Waals surface area contributed by atoms with Gasteiger partial charge in [0.25, 0.3) is 0 Å². The van der Waals surface area contributed by atoms with E-state index in [1.165, 1.54) is 0 Å². The largest absolute Gasteiger partial charge is 0.491 e. The zero-order valence-electron chi connectivity index (χ0n) is 12.7. The molecule has 2 aromatic rings. The van der Waals surface area contributed by atoms with Gasteiger partial charge in [-0.1, -0.05) is 42.8 Å². The van der Waals surface area contributed by atoms with Crippen LogP contribution in [0.15, 0.2) is 42.5 Å². The summed E-state index contributed by atoms with van der Waals surface area (Å²) in [6.45, 7) is 1.94. The molecular weight excluding hydrogens is 276 g/mol. The highest BCUT2D eigenvalue weighted by Gasteiger charge is 2.19. The highest BCUT2D eigenvalue weighted by Crippen LogP contribution is 2.24. The molecule has 4 heteroatoms. The Balaban J connectivity index is 1.49. The van der Waals surface area contributed by atoms with Crippen LogP contribution in [0.4, 0.5) is 0 Å². The standard InChI is InChI=1S/C18H22N2O2/c21-18(16-9-3-4-11-19-16)20-12-13-22-17-10-5-7-14-6-1-2-8-15(14)17/h1-2,5-8,10,16,19H,3-4,9,11-13H2,(H,20,21). The first-order valence-electron chi connectivity index (χ1n) is 7.96. The van der Waals surface area contributed by atoms with Gasteiger partial charge in [0, 0.05) is 5.39 Å². The van der Waals surface area contributed by atoms with E-state index in [1.807, 2.05) is 24.3 Å². The van der Waals surface area contributed by atoms with E-state index in [-0.39, 0.29) is 11.9 Å². The van der Waals surface area contributed by atoms with Crippen molar-refractivity contribution in [3.8, 4) is 5.75 Å². The lowest BCUT2D eigenvalue weighted by Gasteiger charge is -2.22. The van der Waals surface area contributed by atoms with E-state index in [9.17, 15) is 4.79 Å². The Kier molecular flexibility index (Phi) is 4.91. The molecule has 1 aliphatic heterocycles. The van der Waals surface area contributed by atoms with Gasteiger partial charge in [-0.2, -0.15) is 0 Å². The van der Waals surface area contributed by atoms with Crippen LogP contribution in [-0.4, -0.2) is 31.6 Å². The Bertz CT molecular complexity index is 631. The van der Waals surface area contributed by atoms with Crippen molar-refractivity contribution in [2.75, 3.05) is 19.7 Å². The van der Waals surface area contributed by atoms with E-state index < -0.39 is 0 Å². The van der Waals surface area contributed by atoms with E-state index in [1.54, 1.807) is 0 Å². The fraction of sp³-hybridized carbons (Fsp3) is 0.389. The van der Waals surface area contributed by atoms with Crippen molar-refractivity contribution in [1.29, 1.82) is 0 Å². The number of fused-ring (bicyclic) bond motifs is 1. The first kappa shape index (κ1) is 14.9. The molecule has 2 aromatic carbocycles. The van der Waals surface area contributed by atoms with Crippen molar-refractivity contribution in [1.82, 2.24) is 10.6 Å². The molecule has 4 nitrogen and oxygen atoms in total. The molecule has 0 bridgehead atoms. The van der Waals surface area contributed by atoms with E-state index in [2.05, 4.69) is 28.8 Å². The van der Waals surface area contributed by atoms with Crippen LogP contribution >= 0.6 is 0 Å². The number of hydrogen-bond acceptors (Lipinski definition) is 3. The van der Waals surface area contributed by atoms with Crippen molar-refractivity contribution < 1.29 is 9.53 Å². The van der Waals surface area contributed by atoms with Crippen molar-refractivity contribution in [2.24, 2.45) is 0 Å². The Morgan fingerprint density at radius 1 is 1.18 bits per heavy atom. The average molecular weight is 298 g/mol. The van der Waals surface area contributed by atoms with Crippen LogP contribution in [0.25, 0.3) is 10.8 Å². The molecule has 1 atom stereocenters.